The maximum atomic E-state index is 10.5. The first-order valence-electron chi connectivity index (χ1n) is 6.80. The average molecular weight is 247 g/mol. The standard InChI is InChI=1S/C15H21NO2/c1-10-8-16(9-11(2)18-10)14-7-12-5-3-4-6-13(12)15(14)17/h3-6,10-11,14-15,17H,7-9H2,1-2H3/t10-,11+,14?,15?. The Labute approximate surface area is 108 Å². The van der Waals surface area contributed by atoms with Crippen molar-refractivity contribution < 1.29 is 9.84 Å². The van der Waals surface area contributed by atoms with Crippen molar-refractivity contribution in [1.82, 2.24) is 4.90 Å². The maximum Gasteiger partial charge on any atom is 0.0951 e. The zero-order chi connectivity index (χ0) is 12.7. The minimum atomic E-state index is -0.348. The number of hydrogen-bond acceptors (Lipinski definition) is 3. The molecule has 3 heteroatoms. The Bertz CT molecular complexity index is 424. The lowest BCUT2D eigenvalue weighted by atomic mass is 10.1. The zero-order valence-electron chi connectivity index (χ0n) is 11.0. The lowest BCUT2D eigenvalue weighted by Gasteiger charge is -2.40. The molecule has 1 heterocycles. The van der Waals surface area contributed by atoms with Crippen LogP contribution >= 0.6 is 0 Å². The van der Waals surface area contributed by atoms with E-state index >= 15 is 0 Å². The highest BCUT2D eigenvalue weighted by Gasteiger charge is 2.37. The average Bonchev–Trinajstić information content (AvgIpc) is 2.66. The zero-order valence-corrected chi connectivity index (χ0v) is 11.0. The molecule has 1 fully saturated rings. The first-order chi connectivity index (χ1) is 8.65. The summed E-state index contributed by atoms with van der Waals surface area (Å²) >= 11 is 0. The minimum Gasteiger partial charge on any atom is -0.387 e. The molecule has 0 aromatic heterocycles. The molecule has 98 valence electrons. The molecule has 3 rings (SSSR count). The van der Waals surface area contributed by atoms with Gasteiger partial charge in [0.05, 0.1) is 18.3 Å². The molecule has 4 atom stereocenters. The van der Waals surface area contributed by atoms with E-state index in [1.807, 2.05) is 12.1 Å². The summed E-state index contributed by atoms with van der Waals surface area (Å²) in [6.07, 6.45) is 1.12. The Morgan fingerprint density at radius 3 is 2.50 bits per heavy atom. The summed E-state index contributed by atoms with van der Waals surface area (Å²) in [5.41, 5.74) is 2.40. The number of hydrogen-bond donors (Lipinski definition) is 1. The van der Waals surface area contributed by atoms with Gasteiger partial charge in [0.2, 0.25) is 0 Å². The number of benzene rings is 1. The molecule has 1 N–H and O–H groups in total. The second-order valence-electron chi connectivity index (χ2n) is 5.63. The van der Waals surface area contributed by atoms with Crippen molar-refractivity contribution >= 4 is 0 Å². The van der Waals surface area contributed by atoms with Crippen LogP contribution in [0.4, 0.5) is 0 Å². The second kappa shape index (κ2) is 4.65. The minimum absolute atomic E-state index is 0.219. The highest BCUT2D eigenvalue weighted by atomic mass is 16.5. The molecule has 0 spiro atoms. The van der Waals surface area contributed by atoms with Gasteiger partial charge in [-0.05, 0) is 31.4 Å². The van der Waals surface area contributed by atoms with Crippen LogP contribution in [0.1, 0.15) is 31.1 Å². The molecule has 2 aliphatic rings. The van der Waals surface area contributed by atoms with Crippen LogP contribution in [0.5, 0.6) is 0 Å². The molecule has 0 bridgehead atoms. The van der Waals surface area contributed by atoms with Crippen LogP contribution in [0, 0.1) is 0 Å². The smallest absolute Gasteiger partial charge is 0.0951 e. The third-order valence-electron chi connectivity index (χ3n) is 4.08. The fourth-order valence-corrected chi connectivity index (χ4v) is 3.37. The summed E-state index contributed by atoms with van der Waals surface area (Å²) in [5.74, 6) is 0. The fraction of sp³-hybridized carbons (Fsp3) is 0.600. The van der Waals surface area contributed by atoms with Crippen LogP contribution in [0.3, 0.4) is 0 Å². The molecule has 0 radical (unpaired) electrons. The van der Waals surface area contributed by atoms with E-state index in [0.717, 1.165) is 25.1 Å². The molecular formula is C15H21NO2. The van der Waals surface area contributed by atoms with Crippen molar-refractivity contribution in [3.8, 4) is 0 Å². The van der Waals surface area contributed by atoms with E-state index in [-0.39, 0.29) is 24.4 Å². The monoisotopic (exact) mass is 247 g/mol. The molecule has 18 heavy (non-hydrogen) atoms. The molecule has 3 nitrogen and oxygen atoms in total. The van der Waals surface area contributed by atoms with Gasteiger partial charge in [-0.3, -0.25) is 4.90 Å². The van der Waals surface area contributed by atoms with Gasteiger partial charge in [-0.2, -0.15) is 0 Å². The summed E-state index contributed by atoms with van der Waals surface area (Å²) in [4.78, 5) is 2.39. The van der Waals surface area contributed by atoms with Crippen LogP contribution in [0.2, 0.25) is 0 Å². The number of ether oxygens (including phenoxy) is 1. The number of nitrogens with zero attached hydrogens (tertiary/aromatic N) is 1. The number of fused-ring (bicyclic) bond motifs is 1. The Morgan fingerprint density at radius 2 is 1.83 bits per heavy atom. The van der Waals surface area contributed by atoms with Gasteiger partial charge in [0.1, 0.15) is 0 Å². The Hall–Kier alpha value is -0.900. The van der Waals surface area contributed by atoms with Crippen LogP contribution < -0.4 is 0 Å². The van der Waals surface area contributed by atoms with Gasteiger partial charge in [0, 0.05) is 19.1 Å². The van der Waals surface area contributed by atoms with Crippen molar-refractivity contribution in [2.45, 2.75) is 44.6 Å². The SMILES string of the molecule is C[C@@H]1CN(C2Cc3ccccc3C2O)C[C@H](C)O1. The van der Waals surface area contributed by atoms with Crippen LogP contribution in [-0.2, 0) is 11.2 Å². The van der Waals surface area contributed by atoms with Gasteiger partial charge in [-0.15, -0.1) is 0 Å². The molecule has 0 amide bonds. The summed E-state index contributed by atoms with van der Waals surface area (Å²) in [6.45, 7) is 6.05. The van der Waals surface area contributed by atoms with Gasteiger partial charge >= 0.3 is 0 Å². The third kappa shape index (κ3) is 2.07. The van der Waals surface area contributed by atoms with Crippen molar-refractivity contribution in [2.24, 2.45) is 0 Å². The van der Waals surface area contributed by atoms with Crippen molar-refractivity contribution in [3.63, 3.8) is 0 Å². The third-order valence-corrected chi connectivity index (χ3v) is 4.08. The van der Waals surface area contributed by atoms with Crippen LogP contribution in [0.15, 0.2) is 24.3 Å². The molecule has 1 aromatic rings. The topological polar surface area (TPSA) is 32.7 Å². The first kappa shape index (κ1) is 12.2. The van der Waals surface area contributed by atoms with Gasteiger partial charge in [0.25, 0.3) is 0 Å². The summed E-state index contributed by atoms with van der Waals surface area (Å²) in [5, 5.41) is 10.5. The van der Waals surface area contributed by atoms with Crippen molar-refractivity contribution in [1.29, 1.82) is 0 Å². The lowest BCUT2D eigenvalue weighted by Crippen LogP contribution is -2.51. The lowest BCUT2D eigenvalue weighted by molar-refractivity contribution is -0.0934. The van der Waals surface area contributed by atoms with Crippen LogP contribution in [-0.4, -0.2) is 41.3 Å². The fourth-order valence-electron chi connectivity index (χ4n) is 3.37. The highest BCUT2D eigenvalue weighted by molar-refractivity contribution is 5.36. The normalized spacial score (nSPS) is 36.6. The van der Waals surface area contributed by atoms with E-state index in [1.54, 1.807) is 0 Å². The van der Waals surface area contributed by atoms with Gasteiger partial charge < -0.3 is 9.84 Å². The summed E-state index contributed by atoms with van der Waals surface area (Å²) in [6, 6.07) is 8.46. The summed E-state index contributed by atoms with van der Waals surface area (Å²) < 4.78 is 5.76. The first-order valence-corrected chi connectivity index (χ1v) is 6.80. The molecule has 2 unspecified atom stereocenters. The largest absolute Gasteiger partial charge is 0.387 e. The molecule has 1 aliphatic heterocycles. The van der Waals surface area contributed by atoms with Gasteiger partial charge in [0.15, 0.2) is 0 Å². The molecule has 1 aliphatic carbocycles. The number of aliphatic hydroxyl groups is 1. The van der Waals surface area contributed by atoms with E-state index in [9.17, 15) is 5.11 Å². The molecule has 1 saturated heterocycles. The van der Waals surface area contributed by atoms with E-state index < -0.39 is 0 Å². The van der Waals surface area contributed by atoms with E-state index in [2.05, 4.69) is 30.9 Å². The van der Waals surface area contributed by atoms with E-state index in [1.165, 1.54) is 5.56 Å². The maximum absolute atomic E-state index is 10.5. The predicted molar refractivity (Wildman–Crippen MR) is 70.5 cm³/mol. The van der Waals surface area contributed by atoms with E-state index in [4.69, 9.17) is 4.74 Å². The molecule has 0 saturated carbocycles. The predicted octanol–water partition coefficient (Wildman–Crippen LogP) is 1.75. The van der Waals surface area contributed by atoms with Crippen molar-refractivity contribution in [3.05, 3.63) is 35.4 Å². The highest BCUT2D eigenvalue weighted by Crippen LogP contribution is 2.35. The number of rotatable bonds is 1. The van der Waals surface area contributed by atoms with Crippen molar-refractivity contribution in [2.75, 3.05) is 13.1 Å². The van der Waals surface area contributed by atoms with Crippen LogP contribution in [0.25, 0.3) is 0 Å². The molecular weight excluding hydrogens is 226 g/mol. The number of morpholine rings is 1. The Balaban J connectivity index is 1.79. The van der Waals surface area contributed by atoms with Gasteiger partial charge in [-0.1, -0.05) is 24.3 Å². The molecule has 1 aromatic carbocycles. The Kier molecular flexibility index (Phi) is 3.14. The Morgan fingerprint density at radius 1 is 1.17 bits per heavy atom. The summed E-state index contributed by atoms with van der Waals surface area (Å²) in [7, 11) is 0. The van der Waals surface area contributed by atoms with E-state index in [0.29, 0.717) is 0 Å². The second-order valence-corrected chi connectivity index (χ2v) is 5.63. The number of aliphatic hydroxyl groups excluding tert-OH is 1. The van der Waals surface area contributed by atoms with Gasteiger partial charge in [-0.25, -0.2) is 0 Å². The quantitative estimate of drug-likeness (QED) is 0.820.